The van der Waals surface area contributed by atoms with E-state index in [1.165, 1.54) is 32.1 Å². The van der Waals surface area contributed by atoms with Gasteiger partial charge in [-0.15, -0.1) is 0 Å². The molecule has 0 bridgehead atoms. The van der Waals surface area contributed by atoms with E-state index in [2.05, 4.69) is 36.5 Å². The molecular formula is C11H15. The fourth-order valence-corrected chi connectivity index (χ4v) is 1.05. The fourth-order valence-electron chi connectivity index (χ4n) is 1.05. The van der Waals surface area contributed by atoms with Crippen LogP contribution in [-0.2, 0) is 0 Å². The number of hydrogen-bond donors (Lipinski definition) is 0. The summed E-state index contributed by atoms with van der Waals surface area (Å²) in [6.07, 6.45) is 20.0. The van der Waals surface area contributed by atoms with E-state index in [1.807, 2.05) is 0 Å². The summed E-state index contributed by atoms with van der Waals surface area (Å²) in [4.78, 5) is 0. The van der Waals surface area contributed by atoms with Crippen LogP contribution in [0.4, 0.5) is 0 Å². The van der Waals surface area contributed by atoms with Crippen molar-refractivity contribution >= 4 is 0 Å². The van der Waals surface area contributed by atoms with E-state index in [0.717, 1.165) is 0 Å². The molecule has 59 valence electrons. The van der Waals surface area contributed by atoms with Crippen molar-refractivity contribution in [3.05, 3.63) is 36.5 Å². The van der Waals surface area contributed by atoms with Crippen LogP contribution in [0.5, 0.6) is 0 Å². The van der Waals surface area contributed by atoms with Crippen LogP contribution < -0.4 is 0 Å². The van der Waals surface area contributed by atoms with Crippen LogP contribution in [0.15, 0.2) is 30.4 Å². The highest BCUT2D eigenvalue weighted by Crippen LogP contribution is 2.03. The number of hydrogen-bond acceptors (Lipinski definition) is 0. The zero-order valence-corrected chi connectivity index (χ0v) is 6.92. The van der Waals surface area contributed by atoms with Gasteiger partial charge >= 0.3 is 0 Å². The van der Waals surface area contributed by atoms with Crippen LogP contribution in [0.2, 0.25) is 0 Å². The van der Waals surface area contributed by atoms with Gasteiger partial charge in [0.05, 0.1) is 0 Å². The van der Waals surface area contributed by atoms with Gasteiger partial charge in [0.25, 0.3) is 0 Å². The smallest absolute Gasteiger partial charge is 0.0276 e. The molecule has 2 aliphatic carbocycles. The normalized spacial score (nSPS) is 19.6. The van der Waals surface area contributed by atoms with Gasteiger partial charge in [-0.25, -0.2) is 0 Å². The van der Waals surface area contributed by atoms with Gasteiger partial charge in [0.1, 0.15) is 0 Å². The van der Waals surface area contributed by atoms with Crippen molar-refractivity contribution < 1.29 is 0 Å². The molecule has 2 aliphatic rings. The Kier molecular flexibility index (Phi) is 4.51. The summed E-state index contributed by atoms with van der Waals surface area (Å²) in [6, 6.07) is 0. The SMILES string of the molecule is C1=CCCC=C1.[C]1=CCCC1. The van der Waals surface area contributed by atoms with Gasteiger partial charge in [0.15, 0.2) is 0 Å². The molecule has 0 heterocycles. The lowest BCUT2D eigenvalue weighted by molar-refractivity contribution is 0.922. The van der Waals surface area contributed by atoms with Gasteiger partial charge in [0.2, 0.25) is 0 Å². The van der Waals surface area contributed by atoms with Gasteiger partial charge in [-0.2, -0.15) is 0 Å². The van der Waals surface area contributed by atoms with Crippen molar-refractivity contribution in [2.45, 2.75) is 32.1 Å². The Bertz CT molecular complexity index is 143. The minimum atomic E-state index is 1.19. The second-order valence-corrected chi connectivity index (χ2v) is 2.73. The molecule has 0 aliphatic heterocycles. The molecule has 0 saturated carbocycles. The standard InChI is InChI=1S/C6H8.C5H7/c1-2-4-6-5-3-1;1-2-4-5-3-1/h1-4H,5-6H2;1H,2,4-5H2. The average molecular weight is 147 g/mol. The second kappa shape index (κ2) is 5.96. The lowest BCUT2D eigenvalue weighted by Crippen LogP contribution is -1.67. The second-order valence-electron chi connectivity index (χ2n) is 2.73. The Morgan fingerprint density at radius 1 is 0.909 bits per heavy atom. The largest absolute Gasteiger partial charge is 0.0842 e. The van der Waals surface area contributed by atoms with E-state index in [0.29, 0.717) is 0 Å². The van der Waals surface area contributed by atoms with E-state index in [-0.39, 0.29) is 0 Å². The van der Waals surface area contributed by atoms with Crippen LogP contribution in [0.3, 0.4) is 0 Å². The Balaban J connectivity index is 0.000000112. The quantitative estimate of drug-likeness (QED) is 0.492. The molecule has 0 aromatic carbocycles. The van der Waals surface area contributed by atoms with Crippen LogP contribution in [0, 0.1) is 6.08 Å². The Morgan fingerprint density at radius 3 is 1.82 bits per heavy atom. The molecule has 0 unspecified atom stereocenters. The Morgan fingerprint density at radius 2 is 1.64 bits per heavy atom. The maximum Gasteiger partial charge on any atom is -0.0276 e. The molecule has 0 nitrogen and oxygen atoms in total. The topological polar surface area (TPSA) is 0 Å². The third-order valence-corrected chi connectivity index (χ3v) is 1.70. The summed E-state index contributed by atoms with van der Waals surface area (Å²) < 4.78 is 0. The third kappa shape index (κ3) is 4.60. The molecule has 0 spiro atoms. The van der Waals surface area contributed by atoms with E-state index in [9.17, 15) is 0 Å². The maximum absolute atomic E-state index is 3.10. The van der Waals surface area contributed by atoms with Crippen molar-refractivity contribution in [2.24, 2.45) is 0 Å². The summed E-state index contributed by atoms with van der Waals surface area (Å²) in [5.41, 5.74) is 0. The predicted molar refractivity (Wildman–Crippen MR) is 49.2 cm³/mol. The fraction of sp³-hybridized carbons (Fsp3) is 0.455. The molecule has 11 heavy (non-hydrogen) atoms. The van der Waals surface area contributed by atoms with Gasteiger partial charge in [-0.05, 0) is 38.2 Å². The molecule has 0 aromatic rings. The summed E-state index contributed by atoms with van der Waals surface area (Å²) in [5, 5.41) is 0. The third-order valence-electron chi connectivity index (χ3n) is 1.70. The Hall–Kier alpha value is -0.780. The average Bonchev–Trinajstić information content (AvgIpc) is 2.64. The number of rotatable bonds is 0. The molecule has 0 atom stereocenters. The van der Waals surface area contributed by atoms with Crippen molar-refractivity contribution in [3.8, 4) is 0 Å². The molecule has 0 fully saturated rings. The van der Waals surface area contributed by atoms with Crippen molar-refractivity contribution in [2.75, 3.05) is 0 Å². The number of allylic oxidation sites excluding steroid dienone is 6. The predicted octanol–water partition coefficient (Wildman–Crippen LogP) is 3.42. The lowest BCUT2D eigenvalue weighted by atomic mass is 10.2. The van der Waals surface area contributed by atoms with Crippen LogP contribution in [-0.4, -0.2) is 0 Å². The van der Waals surface area contributed by atoms with E-state index in [1.54, 1.807) is 0 Å². The molecule has 0 amide bonds. The zero-order chi connectivity index (χ0) is 7.78. The summed E-state index contributed by atoms with van der Waals surface area (Å²) >= 11 is 0. The highest BCUT2D eigenvalue weighted by atomic mass is 13.9. The summed E-state index contributed by atoms with van der Waals surface area (Å²) in [5.74, 6) is 0. The molecule has 0 saturated heterocycles. The van der Waals surface area contributed by atoms with Crippen LogP contribution in [0.1, 0.15) is 32.1 Å². The van der Waals surface area contributed by atoms with Crippen LogP contribution in [0.25, 0.3) is 0 Å². The molecule has 2 rings (SSSR count). The first-order valence-electron chi connectivity index (χ1n) is 4.37. The van der Waals surface area contributed by atoms with Gasteiger partial charge in [0, 0.05) is 0 Å². The van der Waals surface area contributed by atoms with E-state index >= 15 is 0 Å². The van der Waals surface area contributed by atoms with Gasteiger partial charge in [-0.3, -0.25) is 0 Å². The molecule has 0 N–H and O–H groups in total. The van der Waals surface area contributed by atoms with E-state index in [4.69, 9.17) is 0 Å². The summed E-state index contributed by atoms with van der Waals surface area (Å²) in [7, 11) is 0. The minimum Gasteiger partial charge on any atom is -0.0842 e. The molecule has 0 heteroatoms. The zero-order valence-electron chi connectivity index (χ0n) is 6.92. The molecular weight excluding hydrogens is 132 g/mol. The highest BCUT2D eigenvalue weighted by molar-refractivity contribution is 5.07. The Labute approximate surface area is 69.3 Å². The van der Waals surface area contributed by atoms with Gasteiger partial charge < -0.3 is 0 Å². The highest BCUT2D eigenvalue weighted by Gasteiger charge is 1.85. The minimum absolute atomic E-state index is 1.19. The molecule has 1 radical (unpaired) electrons. The monoisotopic (exact) mass is 147 g/mol. The van der Waals surface area contributed by atoms with Crippen LogP contribution >= 0.6 is 0 Å². The van der Waals surface area contributed by atoms with Gasteiger partial charge in [-0.1, -0.05) is 30.4 Å². The van der Waals surface area contributed by atoms with Crippen molar-refractivity contribution in [1.29, 1.82) is 0 Å². The lowest BCUT2D eigenvalue weighted by Gasteiger charge is -1.88. The maximum atomic E-state index is 3.10. The first kappa shape index (κ1) is 8.32. The summed E-state index contributed by atoms with van der Waals surface area (Å²) in [6.45, 7) is 0. The molecule has 0 aromatic heterocycles. The first-order chi connectivity index (χ1) is 5.50. The van der Waals surface area contributed by atoms with Crippen molar-refractivity contribution in [3.63, 3.8) is 0 Å². The van der Waals surface area contributed by atoms with Crippen molar-refractivity contribution in [1.82, 2.24) is 0 Å². The van der Waals surface area contributed by atoms with E-state index < -0.39 is 0 Å². The first-order valence-corrected chi connectivity index (χ1v) is 4.37.